The lowest BCUT2D eigenvalue weighted by Crippen LogP contribution is -2.42. The minimum absolute atomic E-state index is 0.0660. The Labute approximate surface area is 164 Å². The molecule has 0 bridgehead atoms. The van der Waals surface area contributed by atoms with Crippen molar-refractivity contribution in [3.63, 3.8) is 0 Å². The molecule has 6 heteroatoms. The first-order chi connectivity index (χ1) is 13.1. The lowest BCUT2D eigenvalue weighted by Gasteiger charge is -2.28. The summed E-state index contributed by atoms with van der Waals surface area (Å²) in [4.78, 5) is 18.1. The first kappa shape index (κ1) is 20.0. The van der Waals surface area contributed by atoms with Crippen LogP contribution in [0, 0.1) is 5.82 Å². The minimum Gasteiger partial charge on any atom is -0.377 e. The molecule has 3 rings (SSSR count). The fourth-order valence-electron chi connectivity index (χ4n) is 3.41. The molecule has 0 N–H and O–H groups in total. The minimum atomic E-state index is -0.270. The monoisotopic (exact) mass is 390 g/mol. The molecule has 1 aliphatic rings. The summed E-state index contributed by atoms with van der Waals surface area (Å²) in [5, 5.41) is 2.06. The molecule has 1 unspecified atom stereocenters. The van der Waals surface area contributed by atoms with Gasteiger partial charge in [-0.2, -0.15) is 0 Å². The highest BCUT2D eigenvalue weighted by atomic mass is 32.1. The van der Waals surface area contributed by atoms with E-state index in [0.717, 1.165) is 38.1 Å². The van der Waals surface area contributed by atoms with Crippen molar-refractivity contribution in [3.05, 3.63) is 58.0 Å². The highest BCUT2D eigenvalue weighted by Crippen LogP contribution is 2.17. The van der Waals surface area contributed by atoms with E-state index in [1.807, 2.05) is 19.1 Å². The van der Waals surface area contributed by atoms with Crippen LogP contribution in [0.5, 0.6) is 0 Å². The second-order valence-electron chi connectivity index (χ2n) is 6.92. The number of thiophene rings is 1. The first-order valence-corrected chi connectivity index (χ1v) is 10.4. The van der Waals surface area contributed by atoms with E-state index in [9.17, 15) is 9.18 Å². The fourth-order valence-corrected chi connectivity index (χ4v) is 4.15. The van der Waals surface area contributed by atoms with Crippen LogP contribution in [0.3, 0.4) is 0 Å². The Bertz CT molecular complexity index is 717. The third kappa shape index (κ3) is 6.13. The molecule has 1 saturated heterocycles. The quantitative estimate of drug-likeness (QED) is 0.651. The fraction of sp³-hybridized carbons (Fsp3) is 0.476. The zero-order valence-electron chi connectivity index (χ0n) is 15.8. The van der Waals surface area contributed by atoms with E-state index in [2.05, 4.69) is 16.3 Å². The summed E-state index contributed by atoms with van der Waals surface area (Å²) in [7, 11) is 0. The van der Waals surface area contributed by atoms with Crippen LogP contribution < -0.4 is 0 Å². The van der Waals surface area contributed by atoms with Crippen LogP contribution in [-0.2, 0) is 22.6 Å². The number of carbonyl (C=O) groups is 1. The van der Waals surface area contributed by atoms with Crippen LogP contribution in [0.4, 0.5) is 4.39 Å². The van der Waals surface area contributed by atoms with Gasteiger partial charge in [-0.05, 0) is 48.9 Å². The summed E-state index contributed by atoms with van der Waals surface area (Å²) >= 11 is 1.71. The van der Waals surface area contributed by atoms with E-state index in [-0.39, 0.29) is 17.8 Å². The van der Waals surface area contributed by atoms with Crippen molar-refractivity contribution in [1.82, 2.24) is 9.80 Å². The lowest BCUT2D eigenvalue weighted by atomic mass is 10.2. The van der Waals surface area contributed by atoms with E-state index < -0.39 is 0 Å². The molecular formula is C21H27FN2O2S. The van der Waals surface area contributed by atoms with Crippen LogP contribution in [-0.4, -0.2) is 48.1 Å². The highest BCUT2D eigenvalue weighted by Gasteiger charge is 2.23. The van der Waals surface area contributed by atoms with Gasteiger partial charge >= 0.3 is 0 Å². The van der Waals surface area contributed by atoms with Crippen molar-refractivity contribution >= 4 is 17.2 Å². The largest absolute Gasteiger partial charge is 0.377 e. The maximum Gasteiger partial charge on any atom is 0.237 e. The van der Waals surface area contributed by atoms with Gasteiger partial charge in [-0.25, -0.2) is 4.39 Å². The van der Waals surface area contributed by atoms with E-state index in [1.54, 1.807) is 22.3 Å². The molecule has 2 aromatic rings. The zero-order valence-corrected chi connectivity index (χ0v) is 16.6. The smallest absolute Gasteiger partial charge is 0.237 e. The van der Waals surface area contributed by atoms with Gasteiger partial charge in [0.25, 0.3) is 0 Å². The highest BCUT2D eigenvalue weighted by molar-refractivity contribution is 7.09. The summed E-state index contributed by atoms with van der Waals surface area (Å²) < 4.78 is 19.2. The van der Waals surface area contributed by atoms with Gasteiger partial charge in [0.2, 0.25) is 5.91 Å². The standard InChI is InChI=1S/C21H27FN2O2S/c1-2-24(13-17-6-3-7-18(22)12-17)21(25)16-23(14-19-8-4-10-26-19)15-20-9-5-11-27-20/h3,5-7,9,11-12,19H,2,4,8,10,13-16H2,1H3. The van der Waals surface area contributed by atoms with Crippen LogP contribution in [0.2, 0.25) is 0 Å². The van der Waals surface area contributed by atoms with Gasteiger partial charge in [0.05, 0.1) is 12.6 Å². The van der Waals surface area contributed by atoms with E-state index in [1.165, 1.54) is 17.0 Å². The van der Waals surface area contributed by atoms with E-state index in [4.69, 9.17) is 4.74 Å². The topological polar surface area (TPSA) is 32.8 Å². The Morgan fingerprint density at radius 1 is 1.30 bits per heavy atom. The second-order valence-corrected chi connectivity index (χ2v) is 7.95. The number of carbonyl (C=O) groups excluding carboxylic acids is 1. The number of halogens is 1. The van der Waals surface area contributed by atoms with Crippen LogP contribution in [0.1, 0.15) is 30.2 Å². The van der Waals surface area contributed by atoms with Crippen LogP contribution >= 0.6 is 11.3 Å². The summed E-state index contributed by atoms with van der Waals surface area (Å²) in [6.07, 6.45) is 2.35. The lowest BCUT2D eigenvalue weighted by molar-refractivity contribution is -0.133. The molecule has 0 spiro atoms. The maximum absolute atomic E-state index is 13.4. The van der Waals surface area contributed by atoms with Crippen LogP contribution in [0.25, 0.3) is 0 Å². The molecule has 0 saturated carbocycles. The van der Waals surface area contributed by atoms with Gasteiger partial charge in [-0.15, -0.1) is 11.3 Å². The molecule has 146 valence electrons. The Morgan fingerprint density at radius 2 is 2.19 bits per heavy atom. The third-order valence-corrected chi connectivity index (χ3v) is 5.66. The molecule has 27 heavy (non-hydrogen) atoms. The second kappa shape index (κ2) is 9.97. The summed E-state index contributed by atoms with van der Waals surface area (Å²) in [5.41, 5.74) is 0.814. The average molecular weight is 391 g/mol. The Morgan fingerprint density at radius 3 is 2.85 bits per heavy atom. The molecule has 1 aromatic heterocycles. The van der Waals surface area contributed by atoms with Gasteiger partial charge in [-0.3, -0.25) is 9.69 Å². The van der Waals surface area contributed by atoms with Gasteiger partial charge < -0.3 is 9.64 Å². The maximum atomic E-state index is 13.4. The number of nitrogens with zero attached hydrogens (tertiary/aromatic N) is 2. The first-order valence-electron chi connectivity index (χ1n) is 9.52. The molecule has 1 aromatic carbocycles. The Balaban J connectivity index is 1.63. The Kier molecular flexibility index (Phi) is 7.38. The average Bonchev–Trinajstić information content (AvgIpc) is 3.33. The number of hydrogen-bond donors (Lipinski definition) is 0. The van der Waals surface area contributed by atoms with Crippen molar-refractivity contribution in [3.8, 4) is 0 Å². The predicted octanol–water partition coefficient (Wildman–Crippen LogP) is 3.92. The number of hydrogen-bond acceptors (Lipinski definition) is 4. The number of benzene rings is 1. The molecule has 4 nitrogen and oxygen atoms in total. The van der Waals surface area contributed by atoms with Crippen molar-refractivity contribution in [2.24, 2.45) is 0 Å². The van der Waals surface area contributed by atoms with Crippen molar-refractivity contribution < 1.29 is 13.9 Å². The molecule has 1 atom stereocenters. The van der Waals surface area contributed by atoms with Gasteiger partial charge in [0.1, 0.15) is 5.82 Å². The molecule has 0 aliphatic carbocycles. The molecule has 1 fully saturated rings. The zero-order chi connectivity index (χ0) is 19.1. The van der Waals surface area contributed by atoms with E-state index in [0.29, 0.717) is 19.6 Å². The van der Waals surface area contributed by atoms with Gasteiger partial charge in [-0.1, -0.05) is 18.2 Å². The number of ether oxygens (including phenoxy) is 1. The SMILES string of the molecule is CCN(Cc1cccc(F)c1)C(=O)CN(Cc1cccs1)CC1CCCO1. The summed E-state index contributed by atoms with van der Waals surface area (Å²) in [6, 6.07) is 10.6. The summed E-state index contributed by atoms with van der Waals surface area (Å²) in [5.74, 6) is -0.204. The normalized spacial score (nSPS) is 16.8. The number of amides is 1. The molecule has 0 radical (unpaired) electrons. The van der Waals surface area contributed by atoms with Gasteiger partial charge in [0.15, 0.2) is 0 Å². The molecule has 1 aliphatic heterocycles. The van der Waals surface area contributed by atoms with Crippen molar-refractivity contribution in [2.75, 3.05) is 26.2 Å². The summed E-state index contributed by atoms with van der Waals surface area (Å²) in [6.45, 7) is 5.66. The predicted molar refractivity (Wildman–Crippen MR) is 106 cm³/mol. The van der Waals surface area contributed by atoms with Crippen molar-refractivity contribution in [1.29, 1.82) is 0 Å². The Hall–Kier alpha value is -1.76. The van der Waals surface area contributed by atoms with E-state index >= 15 is 0 Å². The molecular weight excluding hydrogens is 363 g/mol. The van der Waals surface area contributed by atoms with Crippen molar-refractivity contribution in [2.45, 2.75) is 39.0 Å². The van der Waals surface area contributed by atoms with Gasteiger partial charge in [0, 0.05) is 37.7 Å². The number of likely N-dealkylation sites (N-methyl/N-ethyl adjacent to an activating group) is 1. The molecule has 1 amide bonds. The third-order valence-electron chi connectivity index (χ3n) is 4.80. The van der Waals surface area contributed by atoms with Crippen LogP contribution in [0.15, 0.2) is 41.8 Å². The molecule has 2 heterocycles. The number of rotatable bonds is 9.